The summed E-state index contributed by atoms with van der Waals surface area (Å²) in [5.41, 5.74) is 0. The van der Waals surface area contributed by atoms with E-state index in [0.29, 0.717) is 0 Å². The van der Waals surface area contributed by atoms with Crippen LogP contribution < -0.4 is 0 Å². The fourth-order valence-corrected chi connectivity index (χ4v) is 0.136. The van der Waals surface area contributed by atoms with Gasteiger partial charge in [0.1, 0.15) is 5.78 Å². The molecule has 1 nitrogen and oxygen atoms in total. The minimum Gasteiger partial charge on any atom is -0.300 e. The summed E-state index contributed by atoms with van der Waals surface area (Å²) in [7, 11) is 8.42. The van der Waals surface area contributed by atoms with Gasteiger partial charge in [-0.2, -0.15) is 0 Å². The molecule has 5 radical (unpaired) electrons. The number of carbonyl (C=O) groups excluding carboxylic acids is 1. The molecule has 0 saturated carbocycles. The maximum absolute atomic E-state index is 9.44. The third-order valence-electron chi connectivity index (χ3n) is 0.372. The average Bonchev–Trinajstić information content (AvgIpc) is 1.66. The predicted octanol–water partition coefficient (Wildman–Crippen LogP) is 0.424. The van der Waals surface area contributed by atoms with Gasteiger partial charge in [0.25, 0.3) is 0 Å². The second-order valence-electron chi connectivity index (χ2n) is 1.74. The van der Waals surface area contributed by atoms with E-state index in [9.17, 15) is 4.79 Å². The first-order valence-corrected chi connectivity index (χ1v) is 2.99. The van der Waals surface area contributed by atoms with Crippen LogP contribution >= 0.6 is 0 Å². The third kappa shape index (κ3) is 76.1. The van der Waals surface area contributed by atoms with E-state index in [-0.39, 0.29) is 25.9 Å². The van der Waals surface area contributed by atoms with Gasteiger partial charge in [-0.25, -0.2) is 0 Å². The van der Waals surface area contributed by atoms with Crippen molar-refractivity contribution in [3.63, 3.8) is 0 Å². The Bertz CT molecular complexity index is 63.9. The first-order chi connectivity index (χ1) is 4.15. The summed E-state index contributed by atoms with van der Waals surface area (Å²) in [4.78, 5) is 9.44. The zero-order chi connectivity index (χ0) is 7.70. The zero-order valence-corrected chi connectivity index (χ0v) is 9.08. The van der Waals surface area contributed by atoms with Gasteiger partial charge in [0.15, 0.2) is 0 Å². The van der Waals surface area contributed by atoms with Crippen molar-refractivity contribution < 1.29 is 24.9 Å². The van der Waals surface area contributed by atoms with Crippen LogP contribution in [0, 0.1) is 0 Å². The summed E-state index contributed by atoms with van der Waals surface area (Å²) < 4.78 is 0. The molecule has 5 heteroatoms. The molecular weight excluding hydrogens is 301 g/mol. The minimum absolute atomic E-state index is 0. The van der Waals surface area contributed by atoms with Crippen LogP contribution in [0.4, 0.5) is 0 Å². The van der Waals surface area contributed by atoms with E-state index in [2.05, 4.69) is 0 Å². The molecule has 0 aromatic carbocycles. The number of ketones is 1. The second kappa shape index (κ2) is 16.3. The minimum atomic E-state index is 0. The van der Waals surface area contributed by atoms with Gasteiger partial charge in [0.2, 0.25) is 0 Å². The van der Waals surface area contributed by atoms with Crippen molar-refractivity contribution in [2.75, 3.05) is 0 Å². The van der Waals surface area contributed by atoms with Crippen LogP contribution in [0.3, 0.4) is 0 Å². The standard InChI is InChI=1S/C3H6O.C2H5B3.Ir/c1-3(2)4;1-2-4-5-3;/h1-2H3;2H2,1H3;. The van der Waals surface area contributed by atoms with Crippen molar-refractivity contribution in [2.45, 2.75) is 27.1 Å². The van der Waals surface area contributed by atoms with E-state index in [1.807, 2.05) is 14.1 Å². The molecule has 0 bridgehead atoms. The van der Waals surface area contributed by atoms with Crippen LogP contribution in [-0.4, -0.2) is 27.8 Å². The quantitative estimate of drug-likeness (QED) is 0.676. The van der Waals surface area contributed by atoms with E-state index in [4.69, 9.17) is 7.74 Å². The number of rotatable bonds is 2. The zero-order valence-electron chi connectivity index (χ0n) is 6.68. The second-order valence-corrected chi connectivity index (χ2v) is 1.74. The molecule has 0 aliphatic carbocycles. The molecule has 0 aliphatic heterocycles. The Balaban J connectivity index is -0.0000000910. The topological polar surface area (TPSA) is 17.1 Å². The molecule has 0 N–H and O–H groups in total. The van der Waals surface area contributed by atoms with Crippen LogP contribution in [0.1, 0.15) is 20.8 Å². The molecule has 0 aromatic rings. The van der Waals surface area contributed by atoms with Crippen molar-refractivity contribution >= 4 is 27.8 Å². The summed E-state index contributed by atoms with van der Waals surface area (Å²) in [6.07, 6.45) is 1.04. The van der Waals surface area contributed by atoms with Crippen LogP contribution in [0.5, 0.6) is 0 Å². The van der Waals surface area contributed by atoms with Gasteiger partial charge >= 0.3 is 0 Å². The molecule has 0 spiro atoms. The Hall–Kier alpha value is 0.514. The van der Waals surface area contributed by atoms with E-state index in [0.717, 1.165) is 6.32 Å². The van der Waals surface area contributed by atoms with Crippen LogP contribution in [0.2, 0.25) is 6.32 Å². The molecule has 0 saturated heterocycles. The van der Waals surface area contributed by atoms with Gasteiger partial charge in [0, 0.05) is 34.9 Å². The molecule has 0 amide bonds. The number of hydrogen-bond donors (Lipinski definition) is 0. The van der Waals surface area contributed by atoms with Gasteiger partial charge in [-0.05, 0) is 13.8 Å². The van der Waals surface area contributed by atoms with Gasteiger partial charge < -0.3 is 4.79 Å². The molecule has 0 aliphatic rings. The Labute approximate surface area is 79.9 Å². The molecule has 55 valence electrons. The van der Waals surface area contributed by atoms with Crippen LogP contribution in [0.25, 0.3) is 0 Å². The summed E-state index contributed by atoms with van der Waals surface area (Å²) in [5.74, 6) is 0.167. The molecule has 0 atom stereocenters. The largest absolute Gasteiger partial charge is 0.300 e. The molecule has 10 heavy (non-hydrogen) atoms. The van der Waals surface area contributed by atoms with Crippen LogP contribution in [0.15, 0.2) is 0 Å². The third-order valence-corrected chi connectivity index (χ3v) is 0.372. The first kappa shape index (κ1) is 16.9. The summed E-state index contributed by atoms with van der Waals surface area (Å²) in [6.45, 7) is 5.10. The Morgan fingerprint density at radius 2 is 1.80 bits per heavy atom. The Kier molecular flexibility index (Phi) is 27.4. The summed E-state index contributed by atoms with van der Waals surface area (Å²) in [6, 6.07) is 0. The van der Waals surface area contributed by atoms with Gasteiger partial charge in [-0.1, -0.05) is 13.2 Å². The Morgan fingerprint density at radius 3 is 1.80 bits per heavy atom. The summed E-state index contributed by atoms with van der Waals surface area (Å²) >= 11 is 0. The maximum atomic E-state index is 9.44. The van der Waals surface area contributed by atoms with Crippen molar-refractivity contribution in [3.8, 4) is 0 Å². The molecule has 0 aromatic heterocycles. The Morgan fingerprint density at radius 1 is 1.50 bits per heavy atom. The van der Waals surface area contributed by atoms with E-state index >= 15 is 0 Å². The molecule has 0 fully saturated rings. The van der Waals surface area contributed by atoms with Gasteiger partial charge in [0.05, 0.1) is 7.17 Å². The summed E-state index contributed by atoms with van der Waals surface area (Å²) in [5, 5.41) is 0. The maximum Gasteiger partial charge on any atom is 0.126 e. The van der Waals surface area contributed by atoms with E-state index in [1.165, 1.54) is 13.8 Å². The fraction of sp³-hybridized carbons (Fsp3) is 0.800. The number of Topliss-reactive ketones (excluding diaryl/α,β-unsaturated/α-hetero) is 1. The fourth-order valence-electron chi connectivity index (χ4n) is 0.136. The molecule has 0 heterocycles. The number of carbonyl (C=O) groups is 1. The van der Waals surface area contributed by atoms with Gasteiger partial charge in [-0.3, -0.25) is 0 Å². The smallest absolute Gasteiger partial charge is 0.126 e. The first-order valence-electron chi connectivity index (χ1n) is 2.99. The molecule has 0 rings (SSSR count). The average molecular weight is 312 g/mol. The van der Waals surface area contributed by atoms with E-state index < -0.39 is 0 Å². The van der Waals surface area contributed by atoms with Crippen LogP contribution in [-0.2, 0) is 24.9 Å². The van der Waals surface area contributed by atoms with Crippen molar-refractivity contribution in [2.24, 2.45) is 0 Å². The normalized spacial score (nSPS) is 5.90. The molecular formula is C5H11B3IrO. The molecule has 0 unspecified atom stereocenters. The van der Waals surface area contributed by atoms with Crippen molar-refractivity contribution in [3.05, 3.63) is 0 Å². The van der Waals surface area contributed by atoms with Crippen molar-refractivity contribution in [1.82, 2.24) is 0 Å². The van der Waals surface area contributed by atoms with Gasteiger partial charge in [-0.15, -0.1) is 0 Å². The number of hydrogen-bond acceptors (Lipinski definition) is 1. The van der Waals surface area contributed by atoms with E-state index in [1.54, 1.807) is 7.06 Å². The predicted molar refractivity (Wildman–Crippen MR) is 44.1 cm³/mol. The SMILES string of the molecule is CC(C)=O.[B][B][B]CC.[Ir]. The monoisotopic (exact) mass is 313 g/mol. The van der Waals surface area contributed by atoms with Crippen molar-refractivity contribution in [1.29, 1.82) is 0 Å².